The van der Waals surface area contributed by atoms with Gasteiger partial charge in [0.25, 0.3) is 11.5 Å². The Morgan fingerprint density at radius 1 is 1.07 bits per heavy atom. The second-order valence-electron chi connectivity index (χ2n) is 6.09. The van der Waals surface area contributed by atoms with Crippen molar-refractivity contribution < 1.29 is 9.59 Å². The lowest BCUT2D eigenvalue weighted by Gasteiger charge is -2.15. The van der Waals surface area contributed by atoms with Crippen LogP contribution < -0.4 is 15.8 Å². The van der Waals surface area contributed by atoms with Gasteiger partial charge >= 0.3 is 0 Å². The third-order valence-electron chi connectivity index (χ3n) is 4.37. The molecule has 0 aliphatic heterocycles. The van der Waals surface area contributed by atoms with Gasteiger partial charge in [-0.25, -0.2) is 4.68 Å². The molecular weight excluding hydrogens is 344 g/mol. The first-order valence-corrected chi connectivity index (χ1v) is 8.58. The van der Waals surface area contributed by atoms with Crippen molar-refractivity contribution in [3.05, 3.63) is 64.6 Å². The molecule has 0 saturated carbocycles. The highest BCUT2D eigenvalue weighted by atomic mass is 16.2. The van der Waals surface area contributed by atoms with E-state index in [1.807, 2.05) is 0 Å². The molecular formula is C20H20N4O3. The Labute approximate surface area is 156 Å². The lowest BCUT2D eigenvalue weighted by atomic mass is 10.1. The second-order valence-corrected chi connectivity index (χ2v) is 6.09. The Hall–Kier alpha value is -3.48. The van der Waals surface area contributed by atoms with Crippen LogP contribution >= 0.6 is 0 Å². The molecule has 1 N–H and O–H groups in total. The minimum Gasteiger partial charge on any atom is -0.321 e. The molecule has 3 aromatic rings. The molecule has 0 aliphatic carbocycles. The SMILES string of the molecule is CCn1nc(C(=O)Nc2ccc(N(C)C(C)=O)cc2)c2ccccc2c1=O. The maximum absolute atomic E-state index is 12.8. The average molecular weight is 364 g/mol. The number of anilines is 2. The van der Waals surface area contributed by atoms with Crippen LogP contribution in [0.4, 0.5) is 11.4 Å². The van der Waals surface area contributed by atoms with E-state index in [4.69, 9.17) is 0 Å². The van der Waals surface area contributed by atoms with Crippen molar-refractivity contribution in [3.63, 3.8) is 0 Å². The van der Waals surface area contributed by atoms with Gasteiger partial charge < -0.3 is 10.2 Å². The van der Waals surface area contributed by atoms with Crippen LogP contribution in [0, 0.1) is 0 Å². The summed E-state index contributed by atoms with van der Waals surface area (Å²) in [7, 11) is 1.68. The number of hydrogen-bond donors (Lipinski definition) is 1. The molecule has 0 radical (unpaired) electrons. The van der Waals surface area contributed by atoms with Crippen molar-refractivity contribution in [2.75, 3.05) is 17.3 Å². The molecule has 138 valence electrons. The van der Waals surface area contributed by atoms with Crippen LogP contribution in [0.15, 0.2) is 53.3 Å². The van der Waals surface area contributed by atoms with Crippen LogP contribution in [0.1, 0.15) is 24.3 Å². The van der Waals surface area contributed by atoms with Gasteiger partial charge in [-0.15, -0.1) is 0 Å². The minimum absolute atomic E-state index is 0.0794. The summed E-state index contributed by atoms with van der Waals surface area (Å²) in [5.41, 5.74) is 1.27. The zero-order valence-electron chi connectivity index (χ0n) is 15.4. The minimum atomic E-state index is -0.402. The van der Waals surface area contributed by atoms with E-state index in [2.05, 4.69) is 10.4 Å². The molecule has 0 bridgehead atoms. The third kappa shape index (κ3) is 3.57. The molecule has 0 aliphatic rings. The molecule has 0 unspecified atom stereocenters. The van der Waals surface area contributed by atoms with Crippen molar-refractivity contribution in [2.45, 2.75) is 20.4 Å². The highest BCUT2D eigenvalue weighted by Crippen LogP contribution is 2.19. The van der Waals surface area contributed by atoms with Gasteiger partial charge in [0.15, 0.2) is 5.69 Å². The molecule has 1 heterocycles. The number of rotatable bonds is 4. The standard InChI is InChI=1S/C20H20N4O3/c1-4-24-20(27)17-8-6-5-7-16(17)18(22-24)19(26)21-14-9-11-15(12-10-14)23(3)13(2)25/h5-12H,4H2,1-3H3,(H,21,26). The second kappa shape index (κ2) is 7.41. The summed E-state index contributed by atoms with van der Waals surface area (Å²) < 4.78 is 1.28. The van der Waals surface area contributed by atoms with Crippen molar-refractivity contribution in [1.82, 2.24) is 9.78 Å². The largest absolute Gasteiger partial charge is 0.321 e. The fourth-order valence-corrected chi connectivity index (χ4v) is 2.76. The lowest BCUT2D eigenvalue weighted by molar-refractivity contribution is -0.116. The number of amides is 2. The summed E-state index contributed by atoms with van der Waals surface area (Å²) in [5.74, 6) is -0.481. The van der Waals surface area contributed by atoms with E-state index >= 15 is 0 Å². The van der Waals surface area contributed by atoms with Crippen LogP contribution in [0.3, 0.4) is 0 Å². The van der Waals surface area contributed by atoms with Gasteiger partial charge in [0.2, 0.25) is 5.91 Å². The van der Waals surface area contributed by atoms with E-state index in [-0.39, 0.29) is 17.2 Å². The van der Waals surface area contributed by atoms with E-state index in [0.29, 0.717) is 23.0 Å². The van der Waals surface area contributed by atoms with Gasteiger partial charge in [-0.2, -0.15) is 5.10 Å². The summed E-state index contributed by atoms with van der Waals surface area (Å²) >= 11 is 0. The Morgan fingerprint density at radius 3 is 2.30 bits per heavy atom. The van der Waals surface area contributed by atoms with Gasteiger partial charge in [-0.3, -0.25) is 14.4 Å². The predicted octanol–water partition coefficient (Wildman–Crippen LogP) is 2.65. The summed E-state index contributed by atoms with van der Waals surface area (Å²) in [4.78, 5) is 38.1. The van der Waals surface area contributed by atoms with Crippen LogP contribution in [-0.4, -0.2) is 28.6 Å². The monoisotopic (exact) mass is 364 g/mol. The number of nitrogens with one attached hydrogen (secondary N) is 1. The fourth-order valence-electron chi connectivity index (χ4n) is 2.76. The predicted molar refractivity (Wildman–Crippen MR) is 105 cm³/mol. The van der Waals surface area contributed by atoms with Gasteiger partial charge in [0, 0.05) is 37.3 Å². The highest BCUT2D eigenvalue weighted by molar-refractivity contribution is 6.11. The Kier molecular flexibility index (Phi) is 5.03. The number of aryl methyl sites for hydroxylation is 1. The van der Waals surface area contributed by atoms with Gasteiger partial charge in [0.05, 0.1) is 5.39 Å². The van der Waals surface area contributed by atoms with E-state index in [1.165, 1.54) is 16.5 Å². The summed E-state index contributed by atoms with van der Waals surface area (Å²) in [6, 6.07) is 13.8. The number of carbonyl (C=O) groups is 2. The van der Waals surface area contributed by atoms with Crippen LogP contribution in [-0.2, 0) is 11.3 Å². The molecule has 0 saturated heterocycles. The van der Waals surface area contributed by atoms with Crippen molar-refractivity contribution in [2.24, 2.45) is 0 Å². The van der Waals surface area contributed by atoms with Crippen molar-refractivity contribution in [3.8, 4) is 0 Å². The Bertz CT molecular complexity index is 1070. The molecule has 0 spiro atoms. The quantitative estimate of drug-likeness (QED) is 0.771. The van der Waals surface area contributed by atoms with Gasteiger partial charge in [0.1, 0.15) is 0 Å². The molecule has 2 amide bonds. The Morgan fingerprint density at radius 2 is 1.70 bits per heavy atom. The first-order valence-electron chi connectivity index (χ1n) is 8.58. The van der Waals surface area contributed by atoms with Crippen LogP contribution in [0.25, 0.3) is 10.8 Å². The van der Waals surface area contributed by atoms with E-state index in [0.717, 1.165) is 5.69 Å². The van der Waals surface area contributed by atoms with E-state index < -0.39 is 5.91 Å². The number of fused-ring (bicyclic) bond motifs is 1. The number of nitrogens with zero attached hydrogens (tertiary/aromatic N) is 3. The zero-order chi connectivity index (χ0) is 19.6. The maximum Gasteiger partial charge on any atom is 0.276 e. The molecule has 3 rings (SSSR count). The summed E-state index contributed by atoms with van der Waals surface area (Å²) in [6.07, 6.45) is 0. The van der Waals surface area contributed by atoms with Crippen LogP contribution in [0.5, 0.6) is 0 Å². The molecule has 7 nitrogen and oxygen atoms in total. The smallest absolute Gasteiger partial charge is 0.276 e. The van der Waals surface area contributed by atoms with Gasteiger partial charge in [-0.1, -0.05) is 18.2 Å². The molecule has 1 aromatic heterocycles. The number of benzene rings is 2. The number of carbonyl (C=O) groups excluding carboxylic acids is 2. The highest BCUT2D eigenvalue weighted by Gasteiger charge is 2.16. The summed E-state index contributed by atoms with van der Waals surface area (Å²) in [5, 5.41) is 7.99. The molecule has 0 fully saturated rings. The molecule has 2 aromatic carbocycles. The normalized spacial score (nSPS) is 10.6. The fraction of sp³-hybridized carbons (Fsp3) is 0.200. The number of hydrogen-bond acceptors (Lipinski definition) is 4. The number of aromatic nitrogens is 2. The van der Waals surface area contributed by atoms with E-state index in [9.17, 15) is 14.4 Å². The molecule has 7 heteroatoms. The maximum atomic E-state index is 12.8. The summed E-state index contributed by atoms with van der Waals surface area (Å²) in [6.45, 7) is 3.65. The topological polar surface area (TPSA) is 84.3 Å². The Balaban J connectivity index is 1.94. The van der Waals surface area contributed by atoms with Crippen molar-refractivity contribution in [1.29, 1.82) is 0 Å². The van der Waals surface area contributed by atoms with Crippen LogP contribution in [0.2, 0.25) is 0 Å². The lowest BCUT2D eigenvalue weighted by Crippen LogP contribution is -2.27. The average Bonchev–Trinajstić information content (AvgIpc) is 2.68. The molecule has 27 heavy (non-hydrogen) atoms. The molecule has 0 atom stereocenters. The third-order valence-corrected chi connectivity index (χ3v) is 4.37. The zero-order valence-corrected chi connectivity index (χ0v) is 15.4. The first-order chi connectivity index (χ1) is 12.9. The van der Waals surface area contributed by atoms with E-state index in [1.54, 1.807) is 62.5 Å². The van der Waals surface area contributed by atoms with Crippen molar-refractivity contribution >= 4 is 34.0 Å². The first kappa shape index (κ1) is 18.3. The van der Waals surface area contributed by atoms with Gasteiger partial charge in [-0.05, 0) is 37.3 Å².